The second-order valence-electron chi connectivity index (χ2n) is 2.86. The van der Waals surface area contributed by atoms with E-state index in [1.54, 1.807) is 24.3 Å². The quantitative estimate of drug-likeness (QED) is 0.716. The molecule has 3 nitrogen and oxygen atoms in total. The van der Waals surface area contributed by atoms with Crippen molar-refractivity contribution in [2.24, 2.45) is 0 Å². The summed E-state index contributed by atoms with van der Waals surface area (Å²) in [6.45, 7) is 1.86. The molecule has 3 heteroatoms. The number of nitrogen functional groups attached to an aromatic ring is 1. The molecule has 0 aliphatic heterocycles. The lowest BCUT2D eigenvalue weighted by atomic mass is 10.3. The third-order valence-corrected chi connectivity index (χ3v) is 1.60. The summed E-state index contributed by atoms with van der Waals surface area (Å²) in [5.74, 6) is 0.747. The third-order valence-electron chi connectivity index (χ3n) is 1.60. The Morgan fingerprint density at radius 1 is 1.46 bits per heavy atom. The molecule has 0 aliphatic rings. The molecule has 13 heavy (non-hydrogen) atoms. The van der Waals surface area contributed by atoms with E-state index in [9.17, 15) is 0 Å². The van der Waals surface area contributed by atoms with Gasteiger partial charge in [-0.05, 0) is 31.2 Å². The summed E-state index contributed by atoms with van der Waals surface area (Å²) in [5, 5.41) is 8.41. The number of hydrogen-bond donors (Lipinski definition) is 1. The van der Waals surface area contributed by atoms with E-state index in [0.717, 1.165) is 5.75 Å². The molecule has 0 saturated carbocycles. The molecule has 0 spiro atoms. The largest absolute Gasteiger partial charge is 0.490 e. The Kier molecular flexibility index (Phi) is 3.15. The van der Waals surface area contributed by atoms with E-state index < -0.39 is 0 Å². The van der Waals surface area contributed by atoms with Crippen LogP contribution in [0.25, 0.3) is 0 Å². The zero-order valence-corrected chi connectivity index (χ0v) is 7.53. The van der Waals surface area contributed by atoms with Crippen LogP contribution in [0.4, 0.5) is 5.69 Å². The minimum Gasteiger partial charge on any atom is -0.490 e. The van der Waals surface area contributed by atoms with Gasteiger partial charge >= 0.3 is 0 Å². The molecule has 68 valence electrons. The average Bonchev–Trinajstić information content (AvgIpc) is 2.09. The van der Waals surface area contributed by atoms with Gasteiger partial charge in [-0.1, -0.05) is 0 Å². The molecule has 2 N–H and O–H groups in total. The Hall–Kier alpha value is -1.69. The van der Waals surface area contributed by atoms with E-state index in [2.05, 4.69) is 0 Å². The number of nitrogens with zero attached hydrogens (tertiary/aromatic N) is 1. The predicted molar refractivity (Wildman–Crippen MR) is 51.2 cm³/mol. The monoisotopic (exact) mass is 176 g/mol. The van der Waals surface area contributed by atoms with Crippen LogP contribution in [0, 0.1) is 11.3 Å². The molecule has 0 heterocycles. The number of hydrogen-bond acceptors (Lipinski definition) is 3. The number of nitriles is 1. The SMILES string of the molecule is CC(CC#N)Oc1ccc(N)cc1. The van der Waals surface area contributed by atoms with E-state index in [1.165, 1.54) is 0 Å². The molecule has 1 unspecified atom stereocenters. The molecular formula is C10H12N2O. The number of nitrogens with two attached hydrogens (primary N) is 1. The molecule has 0 aromatic heterocycles. The summed E-state index contributed by atoms with van der Waals surface area (Å²) in [5.41, 5.74) is 6.22. The van der Waals surface area contributed by atoms with Crippen LogP contribution in [0.15, 0.2) is 24.3 Å². The van der Waals surface area contributed by atoms with Crippen LogP contribution in [0.2, 0.25) is 0 Å². The van der Waals surface area contributed by atoms with Gasteiger partial charge in [-0.25, -0.2) is 0 Å². The maximum Gasteiger partial charge on any atom is 0.119 e. The van der Waals surface area contributed by atoms with Gasteiger partial charge in [-0.2, -0.15) is 5.26 Å². The number of ether oxygens (including phenoxy) is 1. The van der Waals surface area contributed by atoms with Crippen molar-refractivity contribution in [2.75, 3.05) is 5.73 Å². The zero-order valence-electron chi connectivity index (χ0n) is 7.53. The van der Waals surface area contributed by atoms with Crippen LogP contribution in [-0.2, 0) is 0 Å². The fourth-order valence-corrected chi connectivity index (χ4v) is 0.949. The maximum atomic E-state index is 8.41. The first kappa shape index (κ1) is 9.40. The van der Waals surface area contributed by atoms with Crippen molar-refractivity contribution in [1.82, 2.24) is 0 Å². The lowest BCUT2D eigenvalue weighted by Crippen LogP contribution is -2.10. The van der Waals surface area contributed by atoms with Crippen molar-refractivity contribution < 1.29 is 4.74 Å². The Labute approximate surface area is 77.7 Å². The van der Waals surface area contributed by atoms with Crippen LogP contribution >= 0.6 is 0 Å². The summed E-state index contributed by atoms with van der Waals surface area (Å²) >= 11 is 0. The maximum absolute atomic E-state index is 8.41. The minimum atomic E-state index is -0.0753. The van der Waals surface area contributed by atoms with Crippen molar-refractivity contribution in [1.29, 1.82) is 5.26 Å². The molecule has 0 fully saturated rings. The highest BCUT2D eigenvalue weighted by Crippen LogP contribution is 2.15. The molecule has 0 aliphatic carbocycles. The first-order valence-electron chi connectivity index (χ1n) is 4.11. The number of anilines is 1. The molecule has 0 bridgehead atoms. The highest BCUT2D eigenvalue weighted by atomic mass is 16.5. The van der Waals surface area contributed by atoms with Gasteiger partial charge in [0.1, 0.15) is 11.9 Å². The summed E-state index contributed by atoms with van der Waals surface area (Å²) < 4.78 is 5.43. The van der Waals surface area contributed by atoms with Gasteiger partial charge < -0.3 is 10.5 Å². The first-order chi connectivity index (χ1) is 6.22. The normalized spacial score (nSPS) is 11.7. The summed E-state index contributed by atoms with van der Waals surface area (Å²) in [6, 6.07) is 9.18. The minimum absolute atomic E-state index is 0.0753. The standard InChI is InChI=1S/C10H12N2O/c1-8(6-7-11)13-10-4-2-9(12)3-5-10/h2-5,8H,6,12H2,1H3. The van der Waals surface area contributed by atoms with E-state index in [0.29, 0.717) is 12.1 Å². The second kappa shape index (κ2) is 4.36. The van der Waals surface area contributed by atoms with Crippen molar-refractivity contribution in [3.63, 3.8) is 0 Å². The van der Waals surface area contributed by atoms with Crippen LogP contribution in [0.5, 0.6) is 5.75 Å². The number of benzene rings is 1. The van der Waals surface area contributed by atoms with Crippen LogP contribution in [0.3, 0.4) is 0 Å². The molecule has 0 radical (unpaired) electrons. The van der Waals surface area contributed by atoms with Gasteiger partial charge in [-0.3, -0.25) is 0 Å². The topological polar surface area (TPSA) is 59.0 Å². The van der Waals surface area contributed by atoms with Crippen molar-refractivity contribution >= 4 is 5.69 Å². The first-order valence-corrected chi connectivity index (χ1v) is 4.11. The fraction of sp³-hybridized carbons (Fsp3) is 0.300. The van der Waals surface area contributed by atoms with Crippen LogP contribution in [-0.4, -0.2) is 6.10 Å². The predicted octanol–water partition coefficient (Wildman–Crippen LogP) is 1.95. The summed E-state index contributed by atoms with van der Waals surface area (Å²) in [4.78, 5) is 0. The van der Waals surface area contributed by atoms with E-state index in [-0.39, 0.29) is 6.10 Å². The van der Waals surface area contributed by atoms with Crippen molar-refractivity contribution in [2.45, 2.75) is 19.4 Å². The Morgan fingerprint density at radius 3 is 2.62 bits per heavy atom. The Balaban J connectivity index is 2.55. The smallest absolute Gasteiger partial charge is 0.119 e. The van der Waals surface area contributed by atoms with Crippen LogP contribution in [0.1, 0.15) is 13.3 Å². The summed E-state index contributed by atoms with van der Waals surface area (Å²) in [6.07, 6.45) is 0.318. The molecule has 1 aromatic carbocycles. The lowest BCUT2D eigenvalue weighted by molar-refractivity contribution is 0.227. The van der Waals surface area contributed by atoms with Gasteiger partial charge in [-0.15, -0.1) is 0 Å². The van der Waals surface area contributed by atoms with Crippen LogP contribution < -0.4 is 10.5 Å². The molecule has 0 amide bonds. The van der Waals surface area contributed by atoms with E-state index in [1.807, 2.05) is 13.0 Å². The van der Waals surface area contributed by atoms with Crippen molar-refractivity contribution in [3.05, 3.63) is 24.3 Å². The lowest BCUT2D eigenvalue weighted by Gasteiger charge is -2.10. The van der Waals surface area contributed by atoms with Gasteiger partial charge in [0.25, 0.3) is 0 Å². The highest BCUT2D eigenvalue weighted by Gasteiger charge is 2.01. The number of rotatable bonds is 3. The van der Waals surface area contributed by atoms with Gasteiger partial charge in [0.05, 0.1) is 12.5 Å². The zero-order chi connectivity index (χ0) is 9.68. The molecule has 0 saturated heterocycles. The van der Waals surface area contributed by atoms with Gasteiger partial charge in [0.15, 0.2) is 0 Å². The van der Waals surface area contributed by atoms with Gasteiger partial charge in [0.2, 0.25) is 0 Å². The van der Waals surface area contributed by atoms with E-state index in [4.69, 9.17) is 15.7 Å². The molecular weight excluding hydrogens is 164 g/mol. The Bertz CT molecular complexity index is 300. The van der Waals surface area contributed by atoms with E-state index >= 15 is 0 Å². The van der Waals surface area contributed by atoms with Crippen molar-refractivity contribution in [3.8, 4) is 11.8 Å². The second-order valence-corrected chi connectivity index (χ2v) is 2.86. The highest BCUT2D eigenvalue weighted by molar-refractivity contribution is 5.41. The molecule has 1 atom stereocenters. The third kappa shape index (κ3) is 3.04. The summed E-state index contributed by atoms with van der Waals surface area (Å²) in [7, 11) is 0. The molecule has 1 rings (SSSR count). The van der Waals surface area contributed by atoms with Gasteiger partial charge in [0, 0.05) is 5.69 Å². The Morgan fingerprint density at radius 2 is 2.08 bits per heavy atom. The fourth-order valence-electron chi connectivity index (χ4n) is 0.949. The average molecular weight is 176 g/mol. The molecule has 1 aromatic rings.